The zero-order valence-electron chi connectivity index (χ0n) is 20.4. The number of amidine groups is 2. The molecule has 0 aliphatic carbocycles. The molecule has 0 spiro atoms. The second kappa shape index (κ2) is 12.3. The largest absolute Gasteiger partial charge is 0.328 e. The lowest BCUT2D eigenvalue weighted by Crippen LogP contribution is -2.86. The van der Waals surface area contributed by atoms with Crippen LogP contribution in [0.25, 0.3) is 0 Å². The number of sulfonamides is 2. The molecule has 0 fully saturated rings. The average Bonchev–Trinajstić information content (AvgIpc) is 2.96. The number of rotatable bonds is 9. The van der Waals surface area contributed by atoms with E-state index in [1.165, 1.54) is 24.3 Å². The maximum atomic E-state index is 13.0. The molecule has 0 aliphatic heterocycles. The highest BCUT2D eigenvalue weighted by atomic mass is 32.2. The smallest absolute Gasteiger partial charge is 0.269 e. The molecule has 4 aromatic rings. The van der Waals surface area contributed by atoms with Crippen LogP contribution in [0.1, 0.15) is 11.1 Å². The molecular formula is C28H28N4O4S2+2. The fraction of sp³-hybridized carbons (Fsp3) is 0.0714. The van der Waals surface area contributed by atoms with Crippen LogP contribution in [0.5, 0.6) is 0 Å². The maximum Gasteiger partial charge on any atom is 0.328 e. The van der Waals surface area contributed by atoms with Gasteiger partial charge in [-0.15, -0.1) is 0 Å². The van der Waals surface area contributed by atoms with Crippen molar-refractivity contribution in [3.05, 3.63) is 132 Å². The summed E-state index contributed by atoms with van der Waals surface area (Å²) in [5, 5.41) is 0. The topological polar surface area (TPSA) is 120 Å². The summed E-state index contributed by atoms with van der Waals surface area (Å²) in [7, 11) is -7.65. The Hall–Kier alpha value is -4.28. The normalized spacial score (nSPS) is 12.6. The molecule has 0 heterocycles. The standard InChI is InChI=1S/C28H26N4O4S2/c33-37(34,25-17-9-3-10-18-25)31-27(23-13-5-1-6-14-23)29-21-22-30-28(24-15-7-2-8-16-24)32-38(35,36)26-19-11-4-12-20-26/h1-20H,21-22H2,(H,29,31)(H,30,32)/p+2. The first kappa shape index (κ1) is 26.8. The van der Waals surface area contributed by atoms with Crippen LogP contribution >= 0.6 is 0 Å². The molecule has 0 aromatic heterocycles. The minimum atomic E-state index is -3.83. The Kier molecular flexibility index (Phi) is 8.67. The van der Waals surface area contributed by atoms with Crippen LogP contribution in [0.15, 0.2) is 131 Å². The van der Waals surface area contributed by atoms with Gasteiger partial charge in [0.25, 0.3) is 11.7 Å². The van der Waals surface area contributed by atoms with Crippen molar-refractivity contribution in [3.63, 3.8) is 0 Å². The average molecular weight is 549 g/mol. The summed E-state index contributed by atoms with van der Waals surface area (Å²) < 4.78 is 57.1. The van der Waals surface area contributed by atoms with Crippen molar-refractivity contribution in [2.24, 2.45) is 0 Å². The molecule has 0 saturated carbocycles. The summed E-state index contributed by atoms with van der Waals surface area (Å²) in [5.41, 5.74) is 1.31. The van der Waals surface area contributed by atoms with E-state index in [0.29, 0.717) is 22.8 Å². The third-order valence-electron chi connectivity index (χ3n) is 5.43. The summed E-state index contributed by atoms with van der Waals surface area (Å²) in [6.07, 6.45) is 0. The third kappa shape index (κ3) is 7.15. The fourth-order valence-electron chi connectivity index (χ4n) is 3.56. The van der Waals surface area contributed by atoms with E-state index in [9.17, 15) is 16.8 Å². The molecular weight excluding hydrogens is 520 g/mol. The number of hydrogen-bond acceptors (Lipinski definition) is 4. The van der Waals surface area contributed by atoms with Crippen molar-refractivity contribution in [2.75, 3.05) is 13.1 Å². The van der Waals surface area contributed by atoms with Gasteiger partial charge >= 0.3 is 20.0 Å². The van der Waals surface area contributed by atoms with E-state index in [2.05, 4.69) is 19.4 Å². The first-order valence-electron chi connectivity index (χ1n) is 11.8. The summed E-state index contributed by atoms with van der Waals surface area (Å²) in [6.45, 7) is 0.565. The van der Waals surface area contributed by atoms with E-state index in [0.717, 1.165) is 0 Å². The minimum absolute atomic E-state index is 0.142. The lowest BCUT2D eigenvalue weighted by atomic mass is 10.2. The Morgan fingerprint density at radius 1 is 0.474 bits per heavy atom. The van der Waals surface area contributed by atoms with Crippen molar-refractivity contribution in [2.45, 2.75) is 9.79 Å². The molecule has 0 aliphatic rings. The Morgan fingerprint density at radius 3 is 1.08 bits per heavy atom. The van der Waals surface area contributed by atoms with Crippen molar-refractivity contribution < 1.29 is 26.8 Å². The lowest BCUT2D eigenvalue weighted by Gasteiger charge is -2.06. The van der Waals surface area contributed by atoms with Gasteiger partial charge in [0.2, 0.25) is 0 Å². The Morgan fingerprint density at radius 2 is 0.763 bits per heavy atom. The first-order valence-corrected chi connectivity index (χ1v) is 14.8. The highest BCUT2D eigenvalue weighted by molar-refractivity contribution is 7.90. The minimum Gasteiger partial charge on any atom is -0.269 e. The molecule has 10 heteroatoms. The van der Waals surface area contributed by atoms with Crippen molar-refractivity contribution in [1.82, 2.24) is 9.44 Å². The van der Waals surface area contributed by atoms with Gasteiger partial charge in [-0.1, -0.05) is 72.8 Å². The van der Waals surface area contributed by atoms with Gasteiger partial charge in [0.15, 0.2) is 0 Å². The summed E-state index contributed by atoms with van der Waals surface area (Å²) >= 11 is 0. The third-order valence-corrected chi connectivity index (χ3v) is 8.16. The molecule has 4 N–H and O–H groups in total. The molecule has 0 unspecified atom stereocenters. The second-order valence-corrected chi connectivity index (χ2v) is 11.5. The Bertz CT molecular complexity index is 1480. The van der Waals surface area contributed by atoms with Crippen LogP contribution in [0.3, 0.4) is 0 Å². The lowest BCUT2D eigenvalue weighted by molar-refractivity contribution is -0.539. The molecule has 0 amide bonds. The van der Waals surface area contributed by atoms with Crippen LogP contribution in [-0.4, -0.2) is 41.6 Å². The molecule has 0 saturated heterocycles. The van der Waals surface area contributed by atoms with Gasteiger partial charge in [-0.3, -0.25) is 9.98 Å². The van der Waals surface area contributed by atoms with Crippen LogP contribution < -0.4 is 19.4 Å². The maximum absolute atomic E-state index is 13.0. The van der Waals surface area contributed by atoms with Crippen LogP contribution in [0, 0.1) is 0 Å². The fourth-order valence-corrected chi connectivity index (χ4v) is 5.75. The highest BCUT2D eigenvalue weighted by Gasteiger charge is 2.25. The van der Waals surface area contributed by atoms with Crippen molar-refractivity contribution in [1.29, 1.82) is 0 Å². The van der Waals surface area contributed by atoms with E-state index < -0.39 is 20.0 Å². The van der Waals surface area contributed by atoms with Gasteiger partial charge in [0, 0.05) is 0 Å². The monoisotopic (exact) mass is 548 g/mol. The van der Waals surface area contributed by atoms with Gasteiger partial charge in [-0.2, -0.15) is 26.3 Å². The molecule has 194 valence electrons. The van der Waals surface area contributed by atoms with E-state index >= 15 is 0 Å². The molecule has 38 heavy (non-hydrogen) atoms. The van der Waals surface area contributed by atoms with Gasteiger partial charge in [0.05, 0.1) is 11.1 Å². The molecule has 0 radical (unpaired) electrons. The molecule has 4 rings (SSSR count). The summed E-state index contributed by atoms with van der Waals surface area (Å²) in [6, 6.07) is 34.3. The van der Waals surface area contributed by atoms with Crippen LogP contribution in [-0.2, 0) is 20.0 Å². The quantitative estimate of drug-likeness (QED) is 0.134. The van der Waals surface area contributed by atoms with E-state index in [1.807, 2.05) is 36.4 Å². The summed E-state index contributed by atoms with van der Waals surface area (Å²) in [5.74, 6) is 0.616. The number of nitrogens with one attached hydrogen (secondary N) is 4. The predicted molar refractivity (Wildman–Crippen MR) is 146 cm³/mol. The van der Waals surface area contributed by atoms with Crippen LogP contribution in [0.4, 0.5) is 0 Å². The SMILES string of the molecule is O=S(=O)(NC(=[NH+]CC[NH+]=C(NS(=O)(=O)c1ccccc1)c1ccccc1)c1ccccc1)c1ccccc1. The highest BCUT2D eigenvalue weighted by Crippen LogP contribution is 2.09. The summed E-state index contributed by atoms with van der Waals surface area (Å²) in [4.78, 5) is 6.56. The number of benzene rings is 4. The Balaban J connectivity index is 1.59. The molecule has 0 bridgehead atoms. The van der Waals surface area contributed by atoms with Gasteiger partial charge in [0.1, 0.15) is 22.9 Å². The zero-order valence-corrected chi connectivity index (χ0v) is 22.0. The molecule has 4 aromatic carbocycles. The van der Waals surface area contributed by atoms with Crippen LogP contribution in [0.2, 0.25) is 0 Å². The molecule has 8 nitrogen and oxygen atoms in total. The van der Waals surface area contributed by atoms with E-state index in [4.69, 9.17) is 0 Å². The van der Waals surface area contributed by atoms with Gasteiger partial charge < -0.3 is 0 Å². The van der Waals surface area contributed by atoms with E-state index in [-0.39, 0.29) is 22.9 Å². The van der Waals surface area contributed by atoms with Gasteiger partial charge in [-0.25, -0.2) is 0 Å². The molecule has 0 atom stereocenters. The zero-order chi connectivity index (χ0) is 26.8. The number of hydrogen-bond donors (Lipinski definition) is 4. The van der Waals surface area contributed by atoms with Crippen molar-refractivity contribution in [3.8, 4) is 0 Å². The van der Waals surface area contributed by atoms with Gasteiger partial charge in [-0.05, 0) is 48.5 Å². The van der Waals surface area contributed by atoms with Crippen molar-refractivity contribution >= 4 is 31.7 Å². The first-order chi connectivity index (χ1) is 18.4. The van der Waals surface area contributed by atoms with E-state index in [1.54, 1.807) is 60.7 Å². The Labute approximate surface area is 222 Å². The second-order valence-electron chi connectivity index (χ2n) is 8.17. The predicted octanol–water partition coefficient (Wildman–Crippen LogP) is -0.00180.